The molecule has 2 aliphatic rings. The molecular formula is C15H16Br2. The van der Waals surface area contributed by atoms with Crippen molar-refractivity contribution in [3.05, 3.63) is 56.0 Å². The number of benzene rings is 1. The molecule has 3 rings (SSSR count). The number of hydrogen-bond acceptors (Lipinski definition) is 0. The van der Waals surface area contributed by atoms with Gasteiger partial charge >= 0.3 is 0 Å². The van der Waals surface area contributed by atoms with Crippen LogP contribution in [0.3, 0.4) is 0 Å². The molecule has 1 aromatic rings. The first-order valence-corrected chi connectivity index (χ1v) is 7.54. The molecule has 0 saturated carbocycles. The fraction of sp³-hybridized carbons (Fsp3) is 0.333. The van der Waals surface area contributed by atoms with Gasteiger partial charge in [0.2, 0.25) is 0 Å². The van der Waals surface area contributed by atoms with Crippen LogP contribution in [0.1, 0.15) is 30.9 Å². The number of fused-ring (bicyclic) bond motifs is 7. The van der Waals surface area contributed by atoms with Crippen LogP contribution in [0.4, 0.5) is 0 Å². The third kappa shape index (κ3) is 3.56. The van der Waals surface area contributed by atoms with Crippen molar-refractivity contribution in [2.75, 3.05) is 0 Å². The number of halogens is 2. The van der Waals surface area contributed by atoms with Crippen LogP contribution in [0.2, 0.25) is 0 Å². The fourth-order valence-corrected chi connectivity index (χ4v) is 2.98. The highest BCUT2D eigenvalue weighted by atomic mass is 79.9. The van der Waals surface area contributed by atoms with E-state index in [2.05, 4.69) is 69.1 Å². The number of allylic oxidation sites excluding steroid dienone is 4. The van der Waals surface area contributed by atoms with E-state index in [4.69, 9.17) is 0 Å². The van der Waals surface area contributed by atoms with Gasteiger partial charge in [0.1, 0.15) is 0 Å². The molecule has 0 heterocycles. The van der Waals surface area contributed by atoms with E-state index in [9.17, 15) is 0 Å². The van der Waals surface area contributed by atoms with Gasteiger partial charge in [-0.1, -0.05) is 61.7 Å². The van der Waals surface area contributed by atoms with Crippen molar-refractivity contribution < 1.29 is 0 Å². The SMILES string of the molecule is C/C1=C(Br)\C=C\CCc2ccc(cc2Br)CC1. The van der Waals surface area contributed by atoms with E-state index in [0.717, 1.165) is 25.7 Å². The van der Waals surface area contributed by atoms with E-state index in [1.54, 1.807) is 0 Å². The van der Waals surface area contributed by atoms with Gasteiger partial charge in [0, 0.05) is 8.96 Å². The lowest BCUT2D eigenvalue weighted by atomic mass is 10.0. The molecule has 2 aliphatic carbocycles. The Bertz CT molecular complexity index is 470. The summed E-state index contributed by atoms with van der Waals surface area (Å²) in [6.45, 7) is 2.20. The van der Waals surface area contributed by atoms with Crippen molar-refractivity contribution in [3.63, 3.8) is 0 Å². The molecular weight excluding hydrogens is 340 g/mol. The monoisotopic (exact) mass is 354 g/mol. The lowest BCUT2D eigenvalue weighted by Crippen LogP contribution is -1.93. The van der Waals surface area contributed by atoms with Gasteiger partial charge in [-0.05, 0) is 49.8 Å². The Kier molecular flexibility index (Phi) is 4.63. The van der Waals surface area contributed by atoms with Crippen LogP contribution in [0.15, 0.2) is 44.9 Å². The smallest absolute Gasteiger partial charge is 0.0210 e. The summed E-state index contributed by atoms with van der Waals surface area (Å²) in [6.07, 6.45) is 8.83. The van der Waals surface area contributed by atoms with Crippen molar-refractivity contribution >= 4 is 31.9 Å². The van der Waals surface area contributed by atoms with Crippen LogP contribution in [0.5, 0.6) is 0 Å². The van der Waals surface area contributed by atoms with E-state index in [1.807, 2.05) is 0 Å². The Labute approximate surface area is 120 Å². The first-order valence-electron chi connectivity index (χ1n) is 5.96. The lowest BCUT2D eigenvalue weighted by Gasteiger charge is -2.09. The Morgan fingerprint density at radius 2 is 1.88 bits per heavy atom. The summed E-state index contributed by atoms with van der Waals surface area (Å²) in [5, 5.41) is 0. The predicted molar refractivity (Wildman–Crippen MR) is 81.6 cm³/mol. The molecule has 0 N–H and O–H groups in total. The Hall–Kier alpha value is -0.340. The second-order valence-corrected chi connectivity index (χ2v) is 6.20. The molecule has 0 atom stereocenters. The van der Waals surface area contributed by atoms with Crippen LogP contribution < -0.4 is 0 Å². The molecule has 2 heteroatoms. The third-order valence-corrected chi connectivity index (χ3v) is 4.84. The Balaban J connectivity index is 2.31. The first-order chi connectivity index (χ1) is 8.16. The number of rotatable bonds is 0. The van der Waals surface area contributed by atoms with Crippen LogP contribution in [-0.4, -0.2) is 0 Å². The molecule has 0 spiro atoms. The zero-order valence-corrected chi connectivity index (χ0v) is 13.1. The standard InChI is InChI=1S/C15H16Br2/c1-11-6-7-12-8-9-13(15(17)10-12)4-2-3-5-14(11)16/h3,5,8-10H,2,4,6-7H2,1H3/b5-3+,14-11-. The van der Waals surface area contributed by atoms with Gasteiger partial charge < -0.3 is 0 Å². The quantitative estimate of drug-likeness (QED) is 0.572. The van der Waals surface area contributed by atoms with Crippen molar-refractivity contribution in [2.45, 2.75) is 32.6 Å². The Morgan fingerprint density at radius 1 is 1.06 bits per heavy atom. The molecule has 0 amide bonds. The molecule has 0 aliphatic heterocycles. The van der Waals surface area contributed by atoms with Crippen molar-refractivity contribution in [1.82, 2.24) is 0 Å². The molecule has 0 saturated heterocycles. The maximum Gasteiger partial charge on any atom is 0.0210 e. The minimum atomic E-state index is 1.08. The molecule has 0 fully saturated rings. The molecule has 0 aromatic heterocycles. The molecule has 17 heavy (non-hydrogen) atoms. The average molecular weight is 356 g/mol. The highest BCUT2D eigenvalue weighted by molar-refractivity contribution is 9.12. The van der Waals surface area contributed by atoms with Crippen molar-refractivity contribution in [2.24, 2.45) is 0 Å². The zero-order chi connectivity index (χ0) is 12.3. The molecule has 2 bridgehead atoms. The summed E-state index contributed by atoms with van der Waals surface area (Å²) >= 11 is 7.31. The highest BCUT2D eigenvalue weighted by Crippen LogP contribution is 2.24. The molecule has 90 valence electrons. The van der Waals surface area contributed by atoms with Crippen molar-refractivity contribution in [3.8, 4) is 0 Å². The van der Waals surface area contributed by atoms with Crippen molar-refractivity contribution in [1.29, 1.82) is 0 Å². The number of aryl methyl sites for hydroxylation is 2. The minimum absolute atomic E-state index is 1.08. The van der Waals surface area contributed by atoms with Gasteiger partial charge in [0.05, 0.1) is 0 Å². The van der Waals surface area contributed by atoms with Gasteiger partial charge in [-0.3, -0.25) is 0 Å². The van der Waals surface area contributed by atoms with Crippen LogP contribution in [-0.2, 0) is 12.8 Å². The maximum absolute atomic E-state index is 3.67. The largest absolute Gasteiger partial charge is 0.0831 e. The normalized spacial score (nSPS) is 23.0. The molecule has 0 unspecified atom stereocenters. The van der Waals surface area contributed by atoms with Gasteiger partial charge in [0.25, 0.3) is 0 Å². The van der Waals surface area contributed by atoms with E-state index >= 15 is 0 Å². The summed E-state index contributed by atoms with van der Waals surface area (Å²) in [7, 11) is 0. The minimum Gasteiger partial charge on any atom is -0.0831 e. The van der Waals surface area contributed by atoms with Gasteiger partial charge in [0.15, 0.2) is 0 Å². The molecule has 0 nitrogen and oxygen atoms in total. The average Bonchev–Trinajstić information content (AvgIpc) is 2.31. The third-order valence-electron chi connectivity index (χ3n) is 3.16. The molecule has 0 radical (unpaired) electrons. The van der Waals surface area contributed by atoms with E-state index in [-0.39, 0.29) is 0 Å². The summed E-state index contributed by atoms with van der Waals surface area (Å²) in [4.78, 5) is 0. The summed E-state index contributed by atoms with van der Waals surface area (Å²) in [6, 6.07) is 6.78. The van der Waals surface area contributed by atoms with E-state index in [1.165, 1.54) is 25.7 Å². The highest BCUT2D eigenvalue weighted by Gasteiger charge is 2.04. The zero-order valence-electron chi connectivity index (χ0n) is 9.97. The van der Waals surface area contributed by atoms with Crippen LogP contribution >= 0.6 is 31.9 Å². The number of hydrogen-bond donors (Lipinski definition) is 0. The van der Waals surface area contributed by atoms with Gasteiger partial charge in [-0.2, -0.15) is 0 Å². The van der Waals surface area contributed by atoms with Crippen LogP contribution in [0, 0.1) is 0 Å². The summed E-state index contributed by atoms with van der Waals surface area (Å²) in [5.41, 5.74) is 4.22. The second-order valence-electron chi connectivity index (χ2n) is 4.50. The predicted octanol–water partition coefficient (Wildman–Crippen LogP) is 5.55. The van der Waals surface area contributed by atoms with E-state index < -0.39 is 0 Å². The van der Waals surface area contributed by atoms with Gasteiger partial charge in [-0.25, -0.2) is 0 Å². The first kappa shape index (κ1) is 13.1. The molecule has 1 aromatic carbocycles. The van der Waals surface area contributed by atoms with Gasteiger partial charge in [-0.15, -0.1) is 0 Å². The summed E-state index contributed by atoms with van der Waals surface area (Å²) in [5.74, 6) is 0. The fourth-order valence-electron chi connectivity index (χ4n) is 1.97. The van der Waals surface area contributed by atoms with Crippen LogP contribution in [0.25, 0.3) is 0 Å². The Morgan fingerprint density at radius 3 is 2.65 bits per heavy atom. The maximum atomic E-state index is 3.67. The summed E-state index contributed by atoms with van der Waals surface area (Å²) < 4.78 is 2.50. The second kappa shape index (κ2) is 6.01. The lowest BCUT2D eigenvalue weighted by molar-refractivity contribution is 0.926. The topological polar surface area (TPSA) is 0 Å². The van der Waals surface area contributed by atoms with E-state index in [0.29, 0.717) is 0 Å².